The van der Waals surface area contributed by atoms with Crippen molar-refractivity contribution in [3.63, 3.8) is 0 Å². The Labute approximate surface area is 149 Å². The molecular weight excluding hydrogens is 312 g/mol. The molecule has 0 aromatic carbocycles. The zero-order valence-corrected chi connectivity index (χ0v) is 15.0. The van der Waals surface area contributed by atoms with Gasteiger partial charge in [0.2, 0.25) is 0 Å². The molecule has 3 atom stereocenters. The summed E-state index contributed by atoms with van der Waals surface area (Å²) in [5, 5.41) is 18.4. The first kappa shape index (κ1) is 16.7. The molecule has 2 aromatic heterocycles. The number of pyridine rings is 1. The van der Waals surface area contributed by atoms with E-state index in [-0.39, 0.29) is 12.1 Å². The molecule has 0 aliphatic heterocycles. The van der Waals surface area contributed by atoms with E-state index >= 15 is 0 Å². The summed E-state index contributed by atoms with van der Waals surface area (Å²) in [5.41, 5.74) is 5.24. The van der Waals surface area contributed by atoms with E-state index in [1.54, 1.807) is 0 Å². The van der Waals surface area contributed by atoms with Gasteiger partial charge in [0.05, 0.1) is 6.10 Å². The van der Waals surface area contributed by atoms with Gasteiger partial charge in [-0.15, -0.1) is 0 Å². The van der Waals surface area contributed by atoms with Gasteiger partial charge in [0.15, 0.2) is 0 Å². The second-order valence-electron chi connectivity index (χ2n) is 7.68. The van der Waals surface area contributed by atoms with Gasteiger partial charge in [-0.1, -0.05) is 0 Å². The lowest BCUT2D eigenvalue weighted by Crippen LogP contribution is -2.35. The summed E-state index contributed by atoms with van der Waals surface area (Å²) in [6, 6.07) is 4.35. The summed E-state index contributed by atoms with van der Waals surface area (Å²) < 4.78 is 1.97. The zero-order valence-electron chi connectivity index (χ0n) is 15.0. The van der Waals surface area contributed by atoms with Crippen LogP contribution in [0.4, 0.5) is 0 Å². The number of aliphatic hydroxyl groups is 1. The highest BCUT2D eigenvalue weighted by atomic mass is 16.3. The predicted octanol–water partition coefficient (Wildman–Crippen LogP) is 2.39. The van der Waals surface area contributed by atoms with Crippen LogP contribution in [0.25, 0.3) is 0 Å². The Balaban J connectivity index is 1.39. The summed E-state index contributed by atoms with van der Waals surface area (Å²) in [4.78, 5) is 4.74. The minimum Gasteiger partial charge on any atom is -0.391 e. The van der Waals surface area contributed by atoms with Crippen LogP contribution in [0.15, 0.2) is 24.5 Å². The molecule has 1 saturated carbocycles. The lowest BCUT2D eigenvalue weighted by Gasteiger charge is -2.22. The Hall–Kier alpha value is -1.72. The number of fused-ring (bicyclic) bond motifs is 1. The Bertz CT molecular complexity index is 713. The fourth-order valence-electron chi connectivity index (χ4n) is 4.50. The first-order valence-electron chi connectivity index (χ1n) is 9.56. The fourth-order valence-corrected chi connectivity index (χ4v) is 4.50. The highest BCUT2D eigenvalue weighted by Gasteiger charge is 2.33. The molecule has 134 valence electrons. The second-order valence-corrected chi connectivity index (χ2v) is 7.68. The minimum absolute atomic E-state index is 0.174. The summed E-state index contributed by atoms with van der Waals surface area (Å²) in [7, 11) is 0. The van der Waals surface area contributed by atoms with Crippen molar-refractivity contribution >= 4 is 0 Å². The molecule has 25 heavy (non-hydrogen) atoms. The number of hydrogen-bond acceptors (Lipinski definition) is 4. The normalized spacial score (nSPS) is 25.9. The Morgan fingerprint density at radius 1 is 1.28 bits per heavy atom. The molecule has 0 bridgehead atoms. The van der Waals surface area contributed by atoms with E-state index in [1.165, 1.54) is 29.7 Å². The van der Waals surface area contributed by atoms with Crippen LogP contribution in [0.2, 0.25) is 0 Å². The third-order valence-corrected chi connectivity index (χ3v) is 5.71. The smallest absolute Gasteiger partial charge is 0.0696 e. The molecule has 2 heterocycles. The van der Waals surface area contributed by atoms with E-state index in [1.807, 2.05) is 23.1 Å². The Kier molecular flexibility index (Phi) is 4.86. The van der Waals surface area contributed by atoms with Crippen LogP contribution in [0.3, 0.4) is 0 Å². The largest absolute Gasteiger partial charge is 0.391 e. The molecule has 1 unspecified atom stereocenters. The van der Waals surface area contributed by atoms with Crippen molar-refractivity contribution in [2.24, 2.45) is 5.92 Å². The monoisotopic (exact) mass is 340 g/mol. The predicted molar refractivity (Wildman–Crippen MR) is 97.2 cm³/mol. The van der Waals surface area contributed by atoms with Gasteiger partial charge in [-0.25, -0.2) is 0 Å². The molecule has 0 radical (unpaired) electrons. The van der Waals surface area contributed by atoms with Crippen molar-refractivity contribution in [1.82, 2.24) is 20.1 Å². The third-order valence-electron chi connectivity index (χ3n) is 5.71. The second kappa shape index (κ2) is 7.26. The molecule has 0 spiro atoms. The van der Waals surface area contributed by atoms with Crippen molar-refractivity contribution in [2.75, 3.05) is 0 Å². The maximum Gasteiger partial charge on any atom is 0.0696 e. The lowest BCUT2D eigenvalue weighted by atomic mass is 9.91. The van der Waals surface area contributed by atoms with Gasteiger partial charge < -0.3 is 10.4 Å². The SMILES string of the molecule is Cc1cc(CN[C@@H]2CC(Cn3cccn3)C[C@H]2O)c2c(n1)CCCC2. The summed E-state index contributed by atoms with van der Waals surface area (Å²) in [6.45, 7) is 3.82. The van der Waals surface area contributed by atoms with Crippen LogP contribution in [-0.2, 0) is 25.9 Å². The first-order valence-corrected chi connectivity index (χ1v) is 9.56. The first-order chi connectivity index (χ1) is 12.2. The van der Waals surface area contributed by atoms with Crippen LogP contribution in [0, 0.1) is 12.8 Å². The van der Waals surface area contributed by atoms with E-state index < -0.39 is 0 Å². The number of aryl methyl sites for hydroxylation is 2. The van der Waals surface area contributed by atoms with Gasteiger partial charge in [0.25, 0.3) is 0 Å². The van der Waals surface area contributed by atoms with Crippen LogP contribution >= 0.6 is 0 Å². The number of aromatic nitrogens is 3. The standard InChI is InChI=1S/C20H28N4O/c1-14-9-16(17-5-2-3-6-18(17)23-14)12-21-19-10-15(11-20(19)25)13-24-8-4-7-22-24/h4,7-9,15,19-21,25H,2-3,5-6,10-13H2,1H3/t15?,19-,20-/m1/s1. The van der Waals surface area contributed by atoms with Crippen molar-refractivity contribution in [1.29, 1.82) is 0 Å². The molecular formula is C20H28N4O. The van der Waals surface area contributed by atoms with E-state index in [4.69, 9.17) is 4.98 Å². The van der Waals surface area contributed by atoms with Crippen LogP contribution in [0.5, 0.6) is 0 Å². The van der Waals surface area contributed by atoms with Gasteiger partial charge in [-0.3, -0.25) is 9.67 Å². The number of hydrogen-bond donors (Lipinski definition) is 2. The topological polar surface area (TPSA) is 63.0 Å². The summed E-state index contributed by atoms with van der Waals surface area (Å²) in [5.74, 6) is 0.487. The molecule has 2 aliphatic carbocycles. The average molecular weight is 340 g/mol. The minimum atomic E-state index is -0.265. The maximum absolute atomic E-state index is 10.5. The van der Waals surface area contributed by atoms with Crippen LogP contribution in [0.1, 0.15) is 48.2 Å². The van der Waals surface area contributed by atoms with E-state index in [2.05, 4.69) is 23.4 Å². The van der Waals surface area contributed by atoms with Gasteiger partial charge >= 0.3 is 0 Å². The molecule has 4 rings (SSSR count). The number of rotatable bonds is 5. The van der Waals surface area contributed by atoms with Gasteiger partial charge in [0, 0.05) is 42.9 Å². The molecule has 2 aliphatic rings. The number of aliphatic hydroxyl groups excluding tert-OH is 1. The quantitative estimate of drug-likeness (QED) is 0.877. The van der Waals surface area contributed by atoms with E-state index in [0.29, 0.717) is 5.92 Å². The third kappa shape index (κ3) is 3.77. The number of nitrogens with zero attached hydrogens (tertiary/aromatic N) is 3. The highest BCUT2D eigenvalue weighted by molar-refractivity contribution is 5.34. The van der Waals surface area contributed by atoms with Gasteiger partial charge in [-0.05, 0) is 74.6 Å². The zero-order chi connectivity index (χ0) is 17.2. The van der Waals surface area contributed by atoms with Crippen molar-refractivity contribution < 1.29 is 5.11 Å². The van der Waals surface area contributed by atoms with E-state index in [0.717, 1.165) is 44.5 Å². The number of nitrogens with one attached hydrogen (secondary N) is 1. The van der Waals surface area contributed by atoms with Crippen molar-refractivity contribution in [3.8, 4) is 0 Å². The van der Waals surface area contributed by atoms with Gasteiger partial charge in [0.1, 0.15) is 0 Å². The maximum atomic E-state index is 10.5. The lowest BCUT2D eigenvalue weighted by molar-refractivity contribution is 0.145. The fraction of sp³-hybridized carbons (Fsp3) is 0.600. The highest BCUT2D eigenvalue weighted by Crippen LogP contribution is 2.29. The molecule has 5 nitrogen and oxygen atoms in total. The average Bonchev–Trinajstić information content (AvgIpc) is 3.22. The molecule has 0 saturated heterocycles. The summed E-state index contributed by atoms with van der Waals surface area (Å²) in [6.07, 6.45) is 10.2. The molecule has 5 heteroatoms. The van der Waals surface area contributed by atoms with Crippen LogP contribution in [-0.4, -0.2) is 32.0 Å². The van der Waals surface area contributed by atoms with Gasteiger partial charge in [-0.2, -0.15) is 5.10 Å². The molecule has 0 amide bonds. The van der Waals surface area contributed by atoms with Crippen molar-refractivity contribution in [2.45, 2.75) is 70.7 Å². The van der Waals surface area contributed by atoms with Crippen LogP contribution < -0.4 is 5.32 Å². The molecule has 2 aromatic rings. The molecule has 1 fully saturated rings. The Morgan fingerprint density at radius 3 is 3.00 bits per heavy atom. The molecule has 2 N–H and O–H groups in total. The van der Waals surface area contributed by atoms with E-state index in [9.17, 15) is 5.11 Å². The van der Waals surface area contributed by atoms with Crippen molar-refractivity contribution in [3.05, 3.63) is 47.0 Å². The Morgan fingerprint density at radius 2 is 2.16 bits per heavy atom. The summed E-state index contributed by atoms with van der Waals surface area (Å²) >= 11 is 0.